The van der Waals surface area contributed by atoms with Gasteiger partial charge in [0.1, 0.15) is 12.4 Å². The maximum absolute atomic E-state index is 8.93. The maximum atomic E-state index is 8.93. The first-order valence-electron chi connectivity index (χ1n) is 5.87. The number of hydrogen-bond acceptors (Lipinski definition) is 3. The number of benzene rings is 1. The highest BCUT2D eigenvalue weighted by Crippen LogP contribution is 2.25. The van der Waals surface area contributed by atoms with E-state index in [0.717, 1.165) is 25.0 Å². The van der Waals surface area contributed by atoms with Gasteiger partial charge < -0.3 is 14.6 Å². The van der Waals surface area contributed by atoms with E-state index in [1.54, 1.807) is 18.2 Å². The minimum absolute atomic E-state index is 0.0138. The molecule has 0 saturated heterocycles. The lowest BCUT2D eigenvalue weighted by Gasteiger charge is -2.09. The summed E-state index contributed by atoms with van der Waals surface area (Å²) in [5.41, 5.74) is 0.779. The number of unbranched alkanes of at least 4 members (excludes halogenated alkanes) is 1. The van der Waals surface area contributed by atoms with E-state index in [2.05, 4.69) is 6.92 Å². The monoisotopic (exact) mass is 258 g/mol. The number of hydrogen-bond donors (Lipinski definition) is 1. The summed E-state index contributed by atoms with van der Waals surface area (Å²) < 4.78 is 10.9. The molecule has 0 saturated carbocycles. The van der Waals surface area contributed by atoms with Crippen molar-refractivity contribution in [1.82, 2.24) is 0 Å². The molecule has 0 bridgehead atoms. The first kappa shape index (κ1) is 14.3. The molecule has 0 aliphatic heterocycles. The molecule has 1 rings (SSSR count). The molecule has 0 aliphatic rings. The van der Waals surface area contributed by atoms with Crippen LogP contribution in [0.3, 0.4) is 0 Å². The molecule has 4 heteroatoms. The second-order valence-electron chi connectivity index (χ2n) is 3.74. The molecular weight excluding hydrogens is 240 g/mol. The van der Waals surface area contributed by atoms with Gasteiger partial charge in [0.15, 0.2) is 0 Å². The third-order valence-corrected chi connectivity index (χ3v) is 2.60. The summed E-state index contributed by atoms with van der Waals surface area (Å²) in [5, 5.41) is 9.45. The molecule has 0 aliphatic carbocycles. The molecule has 1 aromatic carbocycles. The van der Waals surface area contributed by atoms with Gasteiger partial charge >= 0.3 is 0 Å². The van der Waals surface area contributed by atoms with E-state index < -0.39 is 0 Å². The zero-order valence-corrected chi connectivity index (χ0v) is 10.9. The lowest BCUT2D eigenvalue weighted by Crippen LogP contribution is -2.07. The van der Waals surface area contributed by atoms with E-state index in [0.29, 0.717) is 24.0 Å². The SMILES string of the molecule is CCCCOCCOc1ccc(CO)cc1Cl. The van der Waals surface area contributed by atoms with Crippen molar-refractivity contribution in [1.29, 1.82) is 0 Å². The molecule has 96 valence electrons. The zero-order chi connectivity index (χ0) is 12.5. The van der Waals surface area contributed by atoms with Crippen molar-refractivity contribution < 1.29 is 14.6 Å². The predicted molar refractivity (Wildman–Crippen MR) is 68.6 cm³/mol. The average molecular weight is 259 g/mol. The molecule has 3 nitrogen and oxygen atoms in total. The van der Waals surface area contributed by atoms with Crippen molar-refractivity contribution in [3.8, 4) is 5.75 Å². The maximum Gasteiger partial charge on any atom is 0.138 e. The van der Waals surface area contributed by atoms with Crippen molar-refractivity contribution in [2.45, 2.75) is 26.4 Å². The molecule has 0 atom stereocenters. The standard InChI is InChI=1S/C13H19ClO3/c1-2-3-6-16-7-8-17-13-5-4-11(10-15)9-12(13)14/h4-5,9,15H,2-3,6-8,10H2,1H3. The Kier molecular flexibility index (Phi) is 7.01. The van der Waals surface area contributed by atoms with Gasteiger partial charge in [-0.15, -0.1) is 0 Å². The second kappa shape index (κ2) is 8.34. The molecule has 0 aromatic heterocycles. The Bertz CT molecular complexity index is 328. The van der Waals surface area contributed by atoms with E-state index in [1.807, 2.05) is 0 Å². The van der Waals surface area contributed by atoms with Crippen LogP contribution in [0.4, 0.5) is 0 Å². The number of ether oxygens (including phenoxy) is 2. The first-order chi connectivity index (χ1) is 8.27. The molecule has 0 amide bonds. The number of aliphatic hydroxyl groups excluding tert-OH is 1. The van der Waals surface area contributed by atoms with Crippen LogP contribution < -0.4 is 4.74 Å². The van der Waals surface area contributed by atoms with E-state index in [-0.39, 0.29) is 6.61 Å². The fourth-order valence-corrected chi connectivity index (χ4v) is 1.58. The molecular formula is C13H19ClO3. The summed E-state index contributed by atoms with van der Waals surface area (Å²) >= 11 is 5.99. The normalized spacial score (nSPS) is 10.5. The lowest BCUT2D eigenvalue weighted by atomic mass is 10.2. The third kappa shape index (κ3) is 5.39. The molecule has 0 unspecified atom stereocenters. The Hall–Kier alpha value is -0.770. The lowest BCUT2D eigenvalue weighted by molar-refractivity contribution is 0.0981. The number of rotatable bonds is 8. The fourth-order valence-electron chi connectivity index (χ4n) is 1.32. The Morgan fingerprint density at radius 1 is 1.24 bits per heavy atom. The van der Waals surface area contributed by atoms with Gasteiger partial charge in [-0.1, -0.05) is 31.0 Å². The average Bonchev–Trinajstić information content (AvgIpc) is 2.35. The molecule has 0 fully saturated rings. The van der Waals surface area contributed by atoms with Crippen LogP contribution in [0.5, 0.6) is 5.75 Å². The van der Waals surface area contributed by atoms with Crippen LogP contribution in [0.2, 0.25) is 5.02 Å². The van der Waals surface area contributed by atoms with E-state index in [4.69, 9.17) is 26.2 Å². The van der Waals surface area contributed by atoms with Crippen molar-refractivity contribution in [3.05, 3.63) is 28.8 Å². The van der Waals surface area contributed by atoms with E-state index in [1.165, 1.54) is 0 Å². The van der Waals surface area contributed by atoms with E-state index in [9.17, 15) is 0 Å². The van der Waals surface area contributed by atoms with Gasteiger partial charge in [-0.05, 0) is 24.1 Å². The topological polar surface area (TPSA) is 38.7 Å². The van der Waals surface area contributed by atoms with Crippen molar-refractivity contribution >= 4 is 11.6 Å². The summed E-state index contributed by atoms with van der Waals surface area (Å²) in [6.45, 7) is 3.94. The van der Waals surface area contributed by atoms with Crippen LogP contribution in [0.1, 0.15) is 25.3 Å². The Morgan fingerprint density at radius 3 is 2.71 bits per heavy atom. The van der Waals surface area contributed by atoms with Gasteiger partial charge in [0.2, 0.25) is 0 Å². The van der Waals surface area contributed by atoms with Crippen LogP contribution in [0.15, 0.2) is 18.2 Å². The Balaban J connectivity index is 2.27. The summed E-state index contributed by atoms with van der Waals surface area (Å²) in [6, 6.07) is 5.26. The summed E-state index contributed by atoms with van der Waals surface area (Å²) in [6.07, 6.45) is 2.21. The van der Waals surface area contributed by atoms with Gasteiger partial charge in [-0.2, -0.15) is 0 Å². The smallest absolute Gasteiger partial charge is 0.138 e. The van der Waals surface area contributed by atoms with Gasteiger partial charge in [-0.25, -0.2) is 0 Å². The molecule has 1 aromatic rings. The quantitative estimate of drug-likeness (QED) is 0.729. The zero-order valence-electron chi connectivity index (χ0n) is 10.1. The molecule has 17 heavy (non-hydrogen) atoms. The fraction of sp³-hybridized carbons (Fsp3) is 0.538. The van der Waals surface area contributed by atoms with Crippen molar-refractivity contribution in [2.24, 2.45) is 0 Å². The highest BCUT2D eigenvalue weighted by Gasteiger charge is 2.02. The first-order valence-corrected chi connectivity index (χ1v) is 6.25. The van der Waals surface area contributed by atoms with Crippen LogP contribution in [-0.4, -0.2) is 24.9 Å². The summed E-state index contributed by atoms with van der Waals surface area (Å²) in [7, 11) is 0. The van der Waals surface area contributed by atoms with Gasteiger partial charge in [0, 0.05) is 6.61 Å². The molecule has 0 radical (unpaired) electrons. The summed E-state index contributed by atoms with van der Waals surface area (Å²) in [4.78, 5) is 0. The summed E-state index contributed by atoms with van der Waals surface area (Å²) in [5.74, 6) is 0.628. The van der Waals surface area contributed by atoms with Crippen LogP contribution in [0, 0.1) is 0 Å². The highest BCUT2D eigenvalue weighted by molar-refractivity contribution is 6.32. The molecule has 1 N–H and O–H groups in total. The van der Waals surface area contributed by atoms with Gasteiger partial charge in [0.05, 0.1) is 18.2 Å². The predicted octanol–water partition coefficient (Wildman–Crippen LogP) is 3.03. The van der Waals surface area contributed by atoms with Crippen LogP contribution in [0.25, 0.3) is 0 Å². The highest BCUT2D eigenvalue weighted by atomic mass is 35.5. The third-order valence-electron chi connectivity index (χ3n) is 2.31. The Labute approximate surface area is 107 Å². The molecule has 0 heterocycles. The number of halogens is 1. The minimum Gasteiger partial charge on any atom is -0.490 e. The largest absolute Gasteiger partial charge is 0.490 e. The van der Waals surface area contributed by atoms with Crippen LogP contribution >= 0.6 is 11.6 Å². The minimum atomic E-state index is -0.0138. The van der Waals surface area contributed by atoms with Gasteiger partial charge in [-0.3, -0.25) is 0 Å². The second-order valence-corrected chi connectivity index (χ2v) is 4.14. The van der Waals surface area contributed by atoms with Crippen LogP contribution in [-0.2, 0) is 11.3 Å². The number of aliphatic hydroxyl groups is 1. The van der Waals surface area contributed by atoms with Crippen molar-refractivity contribution in [3.63, 3.8) is 0 Å². The molecule has 0 spiro atoms. The van der Waals surface area contributed by atoms with Crippen molar-refractivity contribution in [2.75, 3.05) is 19.8 Å². The van der Waals surface area contributed by atoms with Gasteiger partial charge in [0.25, 0.3) is 0 Å². The Morgan fingerprint density at radius 2 is 2.06 bits per heavy atom. The van der Waals surface area contributed by atoms with E-state index >= 15 is 0 Å².